The zero-order valence-electron chi connectivity index (χ0n) is 18.5. The maximum atomic E-state index is 11.0. The number of thioether (sulfide) groups is 2. The van der Waals surface area contributed by atoms with E-state index in [9.17, 15) is 10.0 Å². The Labute approximate surface area is 194 Å². The first-order chi connectivity index (χ1) is 15.0. The maximum Gasteiger partial charge on any atom is 0.130 e. The van der Waals surface area contributed by atoms with Crippen LogP contribution in [-0.2, 0) is 4.79 Å². The Hall–Kier alpha value is -2.18. The maximum absolute atomic E-state index is 11.0. The van der Waals surface area contributed by atoms with E-state index in [1.54, 1.807) is 18.9 Å². The van der Waals surface area contributed by atoms with Crippen LogP contribution in [0.5, 0.6) is 5.75 Å². The Morgan fingerprint density at radius 2 is 2.03 bits per heavy atom. The highest BCUT2D eigenvalue weighted by atomic mass is 32.2. The number of carbonyl (C=O) groups excluding carboxylic acids is 1. The van der Waals surface area contributed by atoms with Gasteiger partial charge in [-0.15, -0.1) is 23.5 Å². The van der Waals surface area contributed by atoms with E-state index in [4.69, 9.17) is 4.74 Å². The molecule has 1 saturated carbocycles. The van der Waals surface area contributed by atoms with E-state index >= 15 is 0 Å². The predicted octanol–water partition coefficient (Wildman–Crippen LogP) is 6.75. The van der Waals surface area contributed by atoms with Crippen molar-refractivity contribution in [2.45, 2.75) is 39.0 Å². The number of ether oxygens (including phenoxy) is 1. The van der Waals surface area contributed by atoms with E-state index in [0.717, 1.165) is 46.0 Å². The minimum absolute atomic E-state index is 0.191. The van der Waals surface area contributed by atoms with Crippen molar-refractivity contribution in [1.82, 2.24) is 0 Å². The Morgan fingerprint density at radius 1 is 1.29 bits per heavy atom. The monoisotopic (exact) mass is 457 g/mol. The van der Waals surface area contributed by atoms with Gasteiger partial charge in [0.05, 0.1) is 22.8 Å². The molecule has 0 aliphatic heterocycles. The van der Waals surface area contributed by atoms with Crippen LogP contribution < -0.4 is 4.74 Å². The van der Waals surface area contributed by atoms with Crippen molar-refractivity contribution in [1.29, 1.82) is 0 Å². The van der Waals surface area contributed by atoms with Crippen molar-refractivity contribution in [3.05, 3.63) is 75.6 Å². The van der Waals surface area contributed by atoms with Gasteiger partial charge in [0, 0.05) is 17.7 Å². The van der Waals surface area contributed by atoms with Crippen LogP contribution in [0.15, 0.2) is 75.2 Å². The molecule has 6 heteroatoms. The van der Waals surface area contributed by atoms with Crippen molar-refractivity contribution in [2.24, 2.45) is 5.16 Å². The second-order valence-corrected chi connectivity index (χ2v) is 9.58. The molecule has 2 rings (SSSR count). The van der Waals surface area contributed by atoms with Gasteiger partial charge in [-0.1, -0.05) is 54.6 Å². The Morgan fingerprint density at radius 3 is 2.65 bits per heavy atom. The summed E-state index contributed by atoms with van der Waals surface area (Å²) in [6.45, 7) is 8.51. The van der Waals surface area contributed by atoms with Crippen molar-refractivity contribution in [3.8, 4) is 5.75 Å². The molecule has 1 aromatic rings. The first-order valence-corrected chi connectivity index (χ1v) is 12.3. The van der Waals surface area contributed by atoms with Gasteiger partial charge >= 0.3 is 0 Å². The molecule has 1 fully saturated rings. The van der Waals surface area contributed by atoms with Gasteiger partial charge in [0.2, 0.25) is 0 Å². The average molecular weight is 458 g/mol. The lowest BCUT2D eigenvalue weighted by atomic mass is 9.78. The normalized spacial score (nSPS) is 20.4. The molecule has 1 atom stereocenters. The van der Waals surface area contributed by atoms with Crippen molar-refractivity contribution >= 4 is 35.5 Å². The molecule has 0 radical (unpaired) electrons. The molecule has 0 saturated heterocycles. The summed E-state index contributed by atoms with van der Waals surface area (Å²) in [6.07, 6.45) is 9.61. The molecule has 1 aliphatic rings. The van der Waals surface area contributed by atoms with Crippen molar-refractivity contribution in [3.63, 3.8) is 0 Å². The second kappa shape index (κ2) is 13.3. The van der Waals surface area contributed by atoms with Gasteiger partial charge in [-0.2, -0.15) is 0 Å². The molecule has 0 unspecified atom stereocenters. The molecule has 4 nitrogen and oxygen atoms in total. The lowest BCUT2D eigenvalue weighted by Gasteiger charge is -2.29. The third-order valence-electron chi connectivity index (χ3n) is 4.95. The highest BCUT2D eigenvalue weighted by Crippen LogP contribution is 2.43. The molecular formula is C25H31NO3S2. The van der Waals surface area contributed by atoms with E-state index in [1.165, 1.54) is 22.9 Å². The Kier molecular flexibility index (Phi) is 10.7. The van der Waals surface area contributed by atoms with Crippen LogP contribution in [0.25, 0.3) is 0 Å². The van der Waals surface area contributed by atoms with Gasteiger partial charge in [-0.3, -0.25) is 0 Å². The standard InChI is InChI=1S/C25H31NO3S2/c1-5-6-7-8-18(2)17-31-25(30-14-13-27)24-19(3)15-21(16-23(24)26-28)20-9-11-22(29-4)12-10-20/h6-13,21,28H,3,5,14-17H2,1-2,4H3/b7-6-,18-8+,25-24-,26-23+/t21-/m0/s1. The van der Waals surface area contributed by atoms with Gasteiger partial charge in [0.1, 0.15) is 12.0 Å². The van der Waals surface area contributed by atoms with E-state index in [-0.39, 0.29) is 5.92 Å². The van der Waals surface area contributed by atoms with Crippen LogP contribution in [-0.4, -0.2) is 35.8 Å². The molecule has 0 heterocycles. The summed E-state index contributed by atoms with van der Waals surface area (Å²) in [7, 11) is 1.65. The van der Waals surface area contributed by atoms with Crippen LogP contribution in [0, 0.1) is 0 Å². The number of oxime groups is 1. The van der Waals surface area contributed by atoms with Gasteiger partial charge in [0.25, 0.3) is 0 Å². The van der Waals surface area contributed by atoms with Gasteiger partial charge in [-0.25, -0.2) is 0 Å². The lowest BCUT2D eigenvalue weighted by molar-refractivity contribution is -0.105. The molecule has 1 N–H and O–H groups in total. The number of benzene rings is 1. The molecular weight excluding hydrogens is 426 g/mol. The number of aldehydes is 1. The second-order valence-electron chi connectivity index (χ2n) is 7.31. The molecule has 166 valence electrons. The third-order valence-corrected chi connectivity index (χ3v) is 7.49. The fraction of sp³-hybridized carbons (Fsp3) is 0.360. The molecule has 0 bridgehead atoms. The molecule has 0 aromatic heterocycles. The number of nitrogens with zero attached hydrogens (tertiary/aromatic N) is 1. The number of allylic oxidation sites excluding steroid dienone is 5. The van der Waals surface area contributed by atoms with Crippen LogP contribution in [0.2, 0.25) is 0 Å². The highest BCUT2D eigenvalue weighted by Gasteiger charge is 2.29. The van der Waals surface area contributed by atoms with Crippen LogP contribution in [0.4, 0.5) is 0 Å². The average Bonchev–Trinajstić information content (AvgIpc) is 2.79. The van der Waals surface area contributed by atoms with Crippen LogP contribution in [0.1, 0.15) is 44.6 Å². The number of rotatable bonds is 10. The van der Waals surface area contributed by atoms with Gasteiger partial charge in [-0.05, 0) is 49.0 Å². The molecule has 1 aliphatic carbocycles. The van der Waals surface area contributed by atoms with Crippen LogP contribution >= 0.6 is 23.5 Å². The third kappa shape index (κ3) is 7.47. The quantitative estimate of drug-likeness (QED) is 0.182. The van der Waals surface area contributed by atoms with Crippen LogP contribution in [0.3, 0.4) is 0 Å². The minimum Gasteiger partial charge on any atom is -0.497 e. The zero-order valence-corrected chi connectivity index (χ0v) is 20.1. The van der Waals surface area contributed by atoms with Gasteiger partial charge < -0.3 is 14.7 Å². The highest BCUT2D eigenvalue weighted by molar-refractivity contribution is 8.22. The van der Waals surface area contributed by atoms with E-state index in [1.807, 2.05) is 12.1 Å². The van der Waals surface area contributed by atoms with Crippen molar-refractivity contribution < 1.29 is 14.7 Å². The summed E-state index contributed by atoms with van der Waals surface area (Å²) >= 11 is 3.15. The SMILES string of the molecule is C=C1C[C@H](c2ccc(OC)cc2)CC(=N\O)/C1=C(/SCC=O)SC/C(C)=C/C=C\CC. The number of hydrogen-bond acceptors (Lipinski definition) is 6. The summed E-state index contributed by atoms with van der Waals surface area (Å²) in [5.41, 5.74) is 4.86. The first-order valence-electron chi connectivity index (χ1n) is 10.3. The van der Waals surface area contributed by atoms with Gasteiger partial charge in [0.15, 0.2) is 0 Å². The lowest BCUT2D eigenvalue weighted by Crippen LogP contribution is -2.20. The summed E-state index contributed by atoms with van der Waals surface area (Å²) in [5, 5.41) is 13.4. The van der Waals surface area contributed by atoms with Crippen molar-refractivity contribution in [2.75, 3.05) is 18.6 Å². The Bertz CT molecular complexity index is 883. The number of hydrogen-bond donors (Lipinski definition) is 1. The first kappa shape index (κ1) is 25.1. The Balaban J connectivity index is 2.26. The zero-order chi connectivity index (χ0) is 22.6. The molecule has 1 aromatic carbocycles. The summed E-state index contributed by atoms with van der Waals surface area (Å²) in [4.78, 5) is 11.0. The molecule has 0 amide bonds. The van der Waals surface area contributed by atoms with E-state index in [0.29, 0.717) is 17.9 Å². The fourth-order valence-electron chi connectivity index (χ4n) is 3.37. The smallest absolute Gasteiger partial charge is 0.130 e. The fourth-order valence-corrected chi connectivity index (χ4v) is 5.57. The number of methoxy groups -OCH3 is 1. The predicted molar refractivity (Wildman–Crippen MR) is 135 cm³/mol. The summed E-state index contributed by atoms with van der Waals surface area (Å²) in [5.74, 6) is 2.16. The van der Waals surface area contributed by atoms with E-state index in [2.05, 4.69) is 55.9 Å². The van der Waals surface area contributed by atoms with E-state index < -0.39 is 0 Å². The number of carbonyl (C=O) groups is 1. The summed E-state index contributed by atoms with van der Waals surface area (Å²) < 4.78 is 6.24. The minimum atomic E-state index is 0.191. The molecule has 31 heavy (non-hydrogen) atoms. The topological polar surface area (TPSA) is 58.9 Å². The summed E-state index contributed by atoms with van der Waals surface area (Å²) in [6, 6.07) is 8.00. The largest absolute Gasteiger partial charge is 0.497 e. The molecule has 0 spiro atoms.